The maximum Gasteiger partial charge on any atom is 0.295 e. The number of nitrogens with zero attached hydrogens (tertiary/aromatic N) is 1. The molecule has 0 spiro atoms. The first-order valence-electron chi connectivity index (χ1n) is 5.71. The van der Waals surface area contributed by atoms with Gasteiger partial charge in [0.25, 0.3) is 6.01 Å². The van der Waals surface area contributed by atoms with Gasteiger partial charge in [-0.15, -0.1) is 0 Å². The first-order valence-corrected chi connectivity index (χ1v) is 6.87. The fourth-order valence-electron chi connectivity index (χ4n) is 1.98. The Labute approximate surface area is 103 Å². The molecule has 2 heterocycles. The summed E-state index contributed by atoms with van der Waals surface area (Å²) >= 11 is 1.98. The Hall–Kier alpha value is -1.23. The average molecular weight is 252 g/mol. The number of hydrogen-bond acceptors (Lipinski definition) is 4. The highest BCUT2D eigenvalue weighted by atomic mass is 32.2. The largest absolute Gasteiger partial charge is 0.424 e. The van der Waals surface area contributed by atoms with Crippen molar-refractivity contribution >= 4 is 28.9 Å². The molecular weight excluding hydrogens is 239 g/mol. The predicted molar refractivity (Wildman–Crippen MR) is 67.9 cm³/mol. The highest BCUT2D eigenvalue weighted by Crippen LogP contribution is 2.23. The highest BCUT2D eigenvalue weighted by molar-refractivity contribution is 7.99. The van der Waals surface area contributed by atoms with Gasteiger partial charge in [0.05, 0.1) is 0 Å². The molecule has 0 bridgehead atoms. The summed E-state index contributed by atoms with van der Waals surface area (Å²) < 4.78 is 18.5. The van der Waals surface area contributed by atoms with Crippen LogP contribution in [0.15, 0.2) is 22.6 Å². The molecule has 0 radical (unpaired) electrons. The Morgan fingerprint density at radius 1 is 1.35 bits per heavy atom. The second kappa shape index (κ2) is 4.56. The second-order valence-corrected chi connectivity index (χ2v) is 5.39. The number of oxazole rings is 1. The zero-order chi connectivity index (χ0) is 11.7. The molecule has 1 fully saturated rings. The lowest BCUT2D eigenvalue weighted by Gasteiger charge is -2.21. The number of hydrogen-bond donors (Lipinski definition) is 1. The molecule has 3 nitrogen and oxygen atoms in total. The van der Waals surface area contributed by atoms with Crippen LogP contribution < -0.4 is 5.32 Å². The monoisotopic (exact) mass is 252 g/mol. The van der Waals surface area contributed by atoms with Crippen LogP contribution in [0.2, 0.25) is 0 Å². The summed E-state index contributed by atoms with van der Waals surface area (Å²) in [5, 5.41) is 3.28. The number of benzene rings is 1. The summed E-state index contributed by atoms with van der Waals surface area (Å²) in [7, 11) is 0. The van der Waals surface area contributed by atoms with E-state index in [9.17, 15) is 4.39 Å². The summed E-state index contributed by atoms with van der Waals surface area (Å²) in [6.07, 6.45) is 2.25. The molecule has 0 amide bonds. The molecule has 1 aliphatic rings. The van der Waals surface area contributed by atoms with Gasteiger partial charge in [-0.05, 0) is 36.5 Å². The second-order valence-electron chi connectivity index (χ2n) is 4.16. The van der Waals surface area contributed by atoms with Crippen molar-refractivity contribution in [1.29, 1.82) is 0 Å². The van der Waals surface area contributed by atoms with E-state index >= 15 is 0 Å². The van der Waals surface area contributed by atoms with E-state index in [0.717, 1.165) is 12.8 Å². The SMILES string of the molecule is Fc1ccc2oc(NC3CCSCC3)nc2c1. The molecule has 1 aromatic carbocycles. The molecule has 1 aromatic heterocycles. The highest BCUT2D eigenvalue weighted by Gasteiger charge is 2.16. The number of anilines is 1. The topological polar surface area (TPSA) is 38.1 Å². The van der Waals surface area contributed by atoms with Crippen molar-refractivity contribution in [3.8, 4) is 0 Å². The minimum atomic E-state index is -0.286. The molecule has 0 atom stereocenters. The molecule has 0 unspecified atom stereocenters. The molecule has 1 N–H and O–H groups in total. The molecule has 1 aliphatic heterocycles. The summed E-state index contributed by atoms with van der Waals surface area (Å²) in [5.41, 5.74) is 1.19. The van der Waals surface area contributed by atoms with Gasteiger partial charge in [-0.3, -0.25) is 0 Å². The fourth-order valence-corrected chi connectivity index (χ4v) is 3.09. The smallest absolute Gasteiger partial charge is 0.295 e. The van der Waals surface area contributed by atoms with Crippen LogP contribution in [0.1, 0.15) is 12.8 Å². The minimum absolute atomic E-state index is 0.286. The Balaban J connectivity index is 1.80. The number of thioether (sulfide) groups is 1. The van der Waals surface area contributed by atoms with Crippen molar-refractivity contribution in [1.82, 2.24) is 4.98 Å². The number of nitrogens with one attached hydrogen (secondary N) is 1. The van der Waals surface area contributed by atoms with E-state index in [1.165, 1.54) is 23.6 Å². The molecule has 2 aromatic rings. The van der Waals surface area contributed by atoms with Crippen LogP contribution in [0.5, 0.6) is 0 Å². The van der Waals surface area contributed by atoms with Gasteiger partial charge in [0.1, 0.15) is 11.3 Å². The molecule has 1 saturated heterocycles. The van der Waals surface area contributed by atoms with E-state index in [-0.39, 0.29) is 5.82 Å². The van der Waals surface area contributed by atoms with Crippen molar-refractivity contribution < 1.29 is 8.81 Å². The van der Waals surface area contributed by atoms with Crippen molar-refractivity contribution in [3.05, 3.63) is 24.0 Å². The number of fused-ring (bicyclic) bond motifs is 1. The molecule has 17 heavy (non-hydrogen) atoms. The maximum atomic E-state index is 13.0. The third-order valence-corrected chi connectivity index (χ3v) is 3.95. The number of aromatic nitrogens is 1. The van der Waals surface area contributed by atoms with Gasteiger partial charge in [-0.25, -0.2) is 4.39 Å². The van der Waals surface area contributed by atoms with Gasteiger partial charge in [0.15, 0.2) is 5.58 Å². The third kappa shape index (κ3) is 2.39. The van der Waals surface area contributed by atoms with Gasteiger partial charge in [-0.1, -0.05) is 0 Å². The summed E-state index contributed by atoms with van der Waals surface area (Å²) in [4.78, 5) is 4.24. The van der Waals surface area contributed by atoms with Crippen LogP contribution in [-0.4, -0.2) is 22.5 Å². The number of rotatable bonds is 2. The quantitative estimate of drug-likeness (QED) is 0.890. The van der Waals surface area contributed by atoms with Gasteiger partial charge < -0.3 is 9.73 Å². The van der Waals surface area contributed by atoms with Gasteiger partial charge in [0, 0.05) is 12.1 Å². The van der Waals surface area contributed by atoms with Crippen LogP contribution in [-0.2, 0) is 0 Å². The lowest BCUT2D eigenvalue weighted by molar-refractivity contribution is 0.576. The standard InChI is InChI=1S/C12H13FN2OS/c13-8-1-2-11-10(7-8)15-12(16-11)14-9-3-5-17-6-4-9/h1-2,7,9H,3-6H2,(H,14,15). The van der Waals surface area contributed by atoms with Crippen LogP contribution in [0.4, 0.5) is 10.4 Å². The van der Waals surface area contributed by atoms with E-state index in [4.69, 9.17) is 4.42 Å². The Kier molecular flexibility index (Phi) is 2.93. The minimum Gasteiger partial charge on any atom is -0.424 e. The van der Waals surface area contributed by atoms with E-state index in [0.29, 0.717) is 23.2 Å². The summed E-state index contributed by atoms with van der Waals surface area (Å²) in [6, 6.07) is 5.31. The molecule has 5 heteroatoms. The van der Waals surface area contributed by atoms with Gasteiger partial charge >= 0.3 is 0 Å². The zero-order valence-electron chi connectivity index (χ0n) is 9.28. The lowest BCUT2D eigenvalue weighted by Crippen LogP contribution is -2.24. The van der Waals surface area contributed by atoms with Crippen LogP contribution in [0.25, 0.3) is 11.1 Å². The molecular formula is C12H13FN2OS. The zero-order valence-corrected chi connectivity index (χ0v) is 10.1. The fraction of sp³-hybridized carbons (Fsp3) is 0.417. The van der Waals surface area contributed by atoms with Crippen LogP contribution in [0, 0.1) is 5.82 Å². The van der Waals surface area contributed by atoms with Gasteiger partial charge in [0.2, 0.25) is 0 Å². The lowest BCUT2D eigenvalue weighted by atomic mass is 10.2. The summed E-state index contributed by atoms with van der Waals surface area (Å²) in [6.45, 7) is 0. The molecule has 0 aliphatic carbocycles. The van der Waals surface area contributed by atoms with E-state index in [2.05, 4.69) is 10.3 Å². The molecule has 0 saturated carbocycles. The molecule has 3 rings (SSSR count). The van der Waals surface area contributed by atoms with E-state index in [1.807, 2.05) is 11.8 Å². The first-order chi connectivity index (χ1) is 8.31. The van der Waals surface area contributed by atoms with E-state index in [1.54, 1.807) is 6.07 Å². The Morgan fingerprint density at radius 2 is 2.18 bits per heavy atom. The van der Waals surface area contributed by atoms with Crippen molar-refractivity contribution in [2.24, 2.45) is 0 Å². The van der Waals surface area contributed by atoms with Crippen molar-refractivity contribution in [2.45, 2.75) is 18.9 Å². The van der Waals surface area contributed by atoms with Crippen LogP contribution >= 0.6 is 11.8 Å². The third-order valence-electron chi connectivity index (χ3n) is 2.90. The first kappa shape index (κ1) is 10.9. The summed E-state index contributed by atoms with van der Waals surface area (Å²) in [5.74, 6) is 2.06. The Morgan fingerprint density at radius 3 is 3.00 bits per heavy atom. The van der Waals surface area contributed by atoms with Crippen LogP contribution in [0.3, 0.4) is 0 Å². The predicted octanol–water partition coefficient (Wildman–Crippen LogP) is 3.27. The van der Waals surface area contributed by atoms with Gasteiger partial charge in [-0.2, -0.15) is 16.7 Å². The number of halogens is 1. The van der Waals surface area contributed by atoms with Crippen molar-refractivity contribution in [2.75, 3.05) is 16.8 Å². The normalized spacial score (nSPS) is 17.5. The Bertz CT molecular complexity index is 522. The van der Waals surface area contributed by atoms with Crippen molar-refractivity contribution in [3.63, 3.8) is 0 Å². The maximum absolute atomic E-state index is 13.0. The van der Waals surface area contributed by atoms with E-state index < -0.39 is 0 Å². The molecule has 90 valence electrons. The average Bonchev–Trinajstić information content (AvgIpc) is 2.71.